The number of aromatic nitrogens is 3. The van der Waals surface area contributed by atoms with Gasteiger partial charge in [0, 0.05) is 12.6 Å². The number of hydrogen-bond acceptors (Lipinski definition) is 4. The van der Waals surface area contributed by atoms with Crippen molar-refractivity contribution < 1.29 is 14.7 Å². The van der Waals surface area contributed by atoms with E-state index in [1.54, 1.807) is 12.1 Å². The largest absolute Gasteiger partial charge is 0.478 e. The van der Waals surface area contributed by atoms with Gasteiger partial charge in [0.05, 0.1) is 5.56 Å². The van der Waals surface area contributed by atoms with Gasteiger partial charge in [-0.3, -0.25) is 9.69 Å². The molecule has 0 atom stereocenters. The number of carboxylic acids is 1. The third kappa shape index (κ3) is 2.95. The molecule has 98 valence electrons. The van der Waals surface area contributed by atoms with Crippen molar-refractivity contribution in [3.05, 3.63) is 42.5 Å². The Morgan fingerprint density at radius 1 is 1.32 bits per heavy atom. The maximum atomic E-state index is 11.6. The highest BCUT2D eigenvalue weighted by Gasteiger charge is 2.13. The summed E-state index contributed by atoms with van der Waals surface area (Å²) in [6.45, 7) is 1.66. The van der Waals surface area contributed by atoms with Gasteiger partial charge in [0.25, 0.3) is 0 Å². The van der Waals surface area contributed by atoms with Crippen LogP contribution in [0.2, 0.25) is 0 Å². The highest BCUT2D eigenvalue weighted by Crippen LogP contribution is 2.16. The second kappa shape index (κ2) is 5.30. The lowest BCUT2D eigenvalue weighted by molar-refractivity contribution is -0.117. The molecule has 0 radical (unpaired) electrons. The van der Waals surface area contributed by atoms with Gasteiger partial charge in [-0.25, -0.2) is 14.5 Å². The third-order valence-corrected chi connectivity index (χ3v) is 2.56. The zero-order chi connectivity index (χ0) is 13.8. The van der Waals surface area contributed by atoms with Gasteiger partial charge in [-0.15, -0.1) is 0 Å². The van der Waals surface area contributed by atoms with Crippen molar-refractivity contribution in [1.29, 1.82) is 0 Å². The lowest BCUT2D eigenvalue weighted by Gasteiger charge is -2.20. The Hall–Kier alpha value is -2.70. The molecule has 0 fully saturated rings. The van der Waals surface area contributed by atoms with Crippen LogP contribution in [-0.4, -0.2) is 31.7 Å². The van der Waals surface area contributed by atoms with Crippen LogP contribution in [0.4, 0.5) is 5.69 Å². The number of nitrogens with zero attached hydrogens (tertiary/aromatic N) is 4. The highest BCUT2D eigenvalue weighted by molar-refractivity contribution is 5.92. The summed E-state index contributed by atoms with van der Waals surface area (Å²) in [7, 11) is 0. The molecule has 2 rings (SSSR count). The van der Waals surface area contributed by atoms with Gasteiger partial charge < -0.3 is 5.11 Å². The van der Waals surface area contributed by atoms with Gasteiger partial charge in [0.15, 0.2) is 0 Å². The van der Waals surface area contributed by atoms with Crippen molar-refractivity contribution in [2.45, 2.75) is 13.6 Å². The number of carbonyl (C=O) groups is 2. The molecule has 0 saturated heterocycles. The fraction of sp³-hybridized carbons (Fsp3) is 0.167. The maximum Gasteiger partial charge on any atom is 0.335 e. The second-order valence-electron chi connectivity index (χ2n) is 3.88. The number of amides is 1. The van der Waals surface area contributed by atoms with E-state index >= 15 is 0 Å². The molecular formula is C12H12N4O3. The molecule has 1 amide bonds. The SMILES string of the molecule is CC(=O)N(Cn1cncn1)c1ccc(C(=O)O)cc1. The second-order valence-corrected chi connectivity index (χ2v) is 3.88. The van der Waals surface area contributed by atoms with Crippen molar-refractivity contribution in [2.75, 3.05) is 4.90 Å². The minimum absolute atomic E-state index is 0.168. The molecule has 0 aliphatic heterocycles. The van der Waals surface area contributed by atoms with Crippen LogP contribution in [0, 0.1) is 0 Å². The molecule has 0 saturated carbocycles. The average Bonchev–Trinajstić information content (AvgIpc) is 2.88. The molecule has 0 unspecified atom stereocenters. The fourth-order valence-electron chi connectivity index (χ4n) is 1.60. The van der Waals surface area contributed by atoms with E-state index < -0.39 is 5.97 Å². The van der Waals surface area contributed by atoms with Gasteiger partial charge >= 0.3 is 5.97 Å². The molecule has 2 aromatic rings. The van der Waals surface area contributed by atoms with E-state index in [9.17, 15) is 9.59 Å². The molecule has 0 bridgehead atoms. The lowest BCUT2D eigenvalue weighted by atomic mass is 10.2. The topological polar surface area (TPSA) is 88.3 Å². The summed E-state index contributed by atoms with van der Waals surface area (Å²) in [6.07, 6.45) is 2.88. The predicted molar refractivity (Wildman–Crippen MR) is 66.6 cm³/mol. The van der Waals surface area contributed by atoms with Gasteiger partial charge in [-0.05, 0) is 24.3 Å². The van der Waals surface area contributed by atoms with Crippen LogP contribution in [0.5, 0.6) is 0 Å². The predicted octanol–water partition coefficient (Wildman–Crippen LogP) is 0.987. The van der Waals surface area contributed by atoms with E-state index in [1.165, 1.54) is 41.3 Å². The summed E-state index contributed by atoms with van der Waals surface area (Å²) < 4.78 is 1.51. The number of rotatable bonds is 4. The summed E-state index contributed by atoms with van der Waals surface area (Å²) >= 11 is 0. The number of anilines is 1. The van der Waals surface area contributed by atoms with E-state index in [4.69, 9.17) is 5.11 Å². The molecular weight excluding hydrogens is 248 g/mol. The van der Waals surface area contributed by atoms with Crippen LogP contribution in [0.1, 0.15) is 17.3 Å². The van der Waals surface area contributed by atoms with E-state index in [0.717, 1.165) is 0 Å². The Labute approximate surface area is 109 Å². The highest BCUT2D eigenvalue weighted by atomic mass is 16.4. The number of benzene rings is 1. The zero-order valence-corrected chi connectivity index (χ0v) is 10.2. The Kier molecular flexibility index (Phi) is 3.56. The molecule has 1 heterocycles. The molecule has 0 spiro atoms. The lowest BCUT2D eigenvalue weighted by Crippen LogP contribution is -2.31. The first-order chi connectivity index (χ1) is 9.08. The van der Waals surface area contributed by atoms with Crippen molar-refractivity contribution in [3.63, 3.8) is 0 Å². The number of carbonyl (C=O) groups excluding carboxylic acids is 1. The van der Waals surface area contributed by atoms with Crippen LogP contribution in [-0.2, 0) is 11.5 Å². The molecule has 7 nitrogen and oxygen atoms in total. The Morgan fingerprint density at radius 3 is 2.47 bits per heavy atom. The van der Waals surface area contributed by atoms with Gasteiger partial charge in [0.2, 0.25) is 5.91 Å². The first kappa shape index (κ1) is 12.7. The van der Waals surface area contributed by atoms with Crippen molar-refractivity contribution in [2.24, 2.45) is 0 Å². The number of carboxylic acid groups (broad SMARTS) is 1. The summed E-state index contributed by atoms with van der Waals surface area (Å²) in [6, 6.07) is 6.08. The zero-order valence-electron chi connectivity index (χ0n) is 10.2. The first-order valence-electron chi connectivity index (χ1n) is 5.52. The van der Waals surface area contributed by atoms with Crippen LogP contribution < -0.4 is 4.90 Å². The van der Waals surface area contributed by atoms with Gasteiger partial charge in [-0.1, -0.05) is 0 Å². The van der Waals surface area contributed by atoms with Gasteiger partial charge in [0.1, 0.15) is 19.3 Å². The quantitative estimate of drug-likeness (QED) is 0.885. The molecule has 7 heteroatoms. The van der Waals surface area contributed by atoms with Crippen molar-refractivity contribution in [1.82, 2.24) is 14.8 Å². The summed E-state index contributed by atoms with van der Waals surface area (Å²) in [5.74, 6) is -1.17. The minimum atomic E-state index is -1.00. The monoisotopic (exact) mass is 260 g/mol. The first-order valence-corrected chi connectivity index (χ1v) is 5.52. The standard InChI is InChI=1S/C12H12N4O3/c1-9(17)16(8-15-7-13-6-14-15)11-4-2-10(3-5-11)12(18)19/h2-7H,8H2,1H3,(H,18,19). The molecule has 19 heavy (non-hydrogen) atoms. The molecule has 1 aromatic carbocycles. The Bertz CT molecular complexity index is 578. The Balaban J connectivity index is 2.24. The molecule has 0 aliphatic rings. The van der Waals surface area contributed by atoms with E-state index in [1.807, 2.05) is 0 Å². The van der Waals surface area contributed by atoms with Gasteiger partial charge in [-0.2, -0.15) is 5.10 Å². The van der Waals surface area contributed by atoms with E-state index in [-0.39, 0.29) is 18.1 Å². The fourth-order valence-corrected chi connectivity index (χ4v) is 1.60. The molecule has 1 aromatic heterocycles. The number of hydrogen-bond donors (Lipinski definition) is 1. The van der Waals surface area contributed by atoms with Crippen LogP contribution in [0.25, 0.3) is 0 Å². The van der Waals surface area contributed by atoms with Crippen LogP contribution in [0.3, 0.4) is 0 Å². The van der Waals surface area contributed by atoms with Crippen molar-refractivity contribution >= 4 is 17.6 Å². The minimum Gasteiger partial charge on any atom is -0.478 e. The molecule has 0 aliphatic carbocycles. The van der Waals surface area contributed by atoms with E-state index in [2.05, 4.69) is 10.1 Å². The number of aromatic carboxylic acids is 1. The maximum absolute atomic E-state index is 11.6. The average molecular weight is 260 g/mol. The Morgan fingerprint density at radius 2 is 2.00 bits per heavy atom. The summed E-state index contributed by atoms with van der Waals surface area (Å²) in [5, 5.41) is 12.8. The third-order valence-electron chi connectivity index (χ3n) is 2.56. The van der Waals surface area contributed by atoms with Crippen LogP contribution in [0.15, 0.2) is 36.9 Å². The molecule has 1 N–H and O–H groups in total. The van der Waals surface area contributed by atoms with Crippen LogP contribution >= 0.6 is 0 Å². The summed E-state index contributed by atoms with van der Waals surface area (Å²) in [5.41, 5.74) is 0.779. The smallest absolute Gasteiger partial charge is 0.335 e. The normalized spacial score (nSPS) is 10.2. The van der Waals surface area contributed by atoms with E-state index in [0.29, 0.717) is 5.69 Å². The summed E-state index contributed by atoms with van der Waals surface area (Å²) in [4.78, 5) is 27.7. The van der Waals surface area contributed by atoms with Crippen molar-refractivity contribution in [3.8, 4) is 0 Å².